The third-order valence-corrected chi connectivity index (χ3v) is 4.87. The molecule has 1 heterocycles. The first-order chi connectivity index (χ1) is 14.2. The zero-order valence-corrected chi connectivity index (χ0v) is 16.6. The van der Waals surface area contributed by atoms with Gasteiger partial charge < -0.3 is 28.4 Å². The number of benzene rings is 1. The molecule has 9 nitrogen and oxygen atoms in total. The molecule has 1 aromatic rings. The first-order valence-corrected chi connectivity index (χ1v) is 10.2. The summed E-state index contributed by atoms with van der Waals surface area (Å²) in [4.78, 5) is 10.6. The summed E-state index contributed by atoms with van der Waals surface area (Å²) in [5.41, 5.74) is -0.0563. The van der Waals surface area contributed by atoms with Gasteiger partial charge >= 0.3 is 0 Å². The largest absolute Gasteiger partial charge is 0.487 e. The summed E-state index contributed by atoms with van der Waals surface area (Å²) in [5.74, 6) is 0.749. The first-order valence-electron chi connectivity index (χ1n) is 10.2. The van der Waals surface area contributed by atoms with E-state index < -0.39 is 4.92 Å². The molecule has 1 aromatic carbocycles. The van der Waals surface area contributed by atoms with E-state index >= 15 is 0 Å². The molecule has 3 rings (SSSR count). The molecular weight excluding hydrogens is 382 g/mol. The molecule has 2 unspecified atom stereocenters. The van der Waals surface area contributed by atoms with Crippen LogP contribution in [-0.2, 0) is 18.9 Å². The third kappa shape index (κ3) is 7.11. The molecule has 0 N–H and O–H groups in total. The Bertz CT molecular complexity index is 641. The quantitative estimate of drug-likeness (QED) is 0.514. The fourth-order valence-corrected chi connectivity index (χ4v) is 3.43. The van der Waals surface area contributed by atoms with Gasteiger partial charge in [-0.1, -0.05) is 12.8 Å². The fourth-order valence-electron chi connectivity index (χ4n) is 3.43. The Morgan fingerprint density at radius 2 is 1.31 bits per heavy atom. The molecule has 162 valence electrons. The van der Waals surface area contributed by atoms with Gasteiger partial charge in [-0.25, -0.2) is 0 Å². The van der Waals surface area contributed by atoms with Crippen molar-refractivity contribution in [3.63, 3.8) is 0 Å². The van der Waals surface area contributed by atoms with Crippen LogP contribution < -0.4 is 9.47 Å². The Labute approximate surface area is 170 Å². The van der Waals surface area contributed by atoms with Gasteiger partial charge in [-0.2, -0.15) is 0 Å². The Morgan fingerprint density at radius 3 is 1.90 bits per heavy atom. The molecule has 29 heavy (non-hydrogen) atoms. The molecule has 0 aromatic heterocycles. The molecule has 1 saturated carbocycles. The highest BCUT2D eigenvalue weighted by molar-refractivity contribution is 5.48. The molecule has 1 aliphatic heterocycles. The highest BCUT2D eigenvalue weighted by Gasteiger charge is 2.26. The molecular formula is C20H29NO8. The van der Waals surface area contributed by atoms with E-state index in [2.05, 4.69) is 0 Å². The van der Waals surface area contributed by atoms with E-state index in [1.807, 2.05) is 0 Å². The fraction of sp³-hybridized carbons (Fsp3) is 0.700. The summed E-state index contributed by atoms with van der Waals surface area (Å²) >= 11 is 0. The van der Waals surface area contributed by atoms with Gasteiger partial charge in [0.25, 0.3) is 5.69 Å². The average Bonchev–Trinajstić information content (AvgIpc) is 2.73. The molecule has 0 saturated heterocycles. The predicted octanol–water partition coefficient (Wildman–Crippen LogP) is 2.74. The maximum absolute atomic E-state index is 11.0. The van der Waals surface area contributed by atoms with Gasteiger partial charge in [-0.3, -0.25) is 10.1 Å². The highest BCUT2D eigenvalue weighted by Crippen LogP contribution is 2.31. The van der Waals surface area contributed by atoms with E-state index in [4.69, 9.17) is 28.4 Å². The minimum Gasteiger partial charge on any atom is -0.487 e. The number of ether oxygens (including phenoxy) is 6. The Hall–Kier alpha value is -1.94. The second kappa shape index (κ2) is 11.9. The Morgan fingerprint density at radius 1 is 0.759 bits per heavy atom. The Kier molecular flexibility index (Phi) is 8.94. The number of nitro benzene ring substituents is 1. The van der Waals surface area contributed by atoms with Crippen molar-refractivity contribution in [2.75, 3.05) is 52.9 Å². The van der Waals surface area contributed by atoms with Crippen LogP contribution in [0, 0.1) is 10.1 Å². The van der Waals surface area contributed by atoms with Crippen LogP contribution in [0.5, 0.6) is 11.5 Å². The van der Waals surface area contributed by atoms with Gasteiger partial charge in [0.05, 0.1) is 62.8 Å². The number of hydrogen-bond donors (Lipinski definition) is 0. The van der Waals surface area contributed by atoms with Crippen LogP contribution in [0.3, 0.4) is 0 Å². The van der Waals surface area contributed by atoms with E-state index in [1.165, 1.54) is 18.2 Å². The molecule has 0 spiro atoms. The second-order valence-electron chi connectivity index (χ2n) is 6.91. The summed E-state index contributed by atoms with van der Waals surface area (Å²) in [6.07, 6.45) is 4.51. The maximum atomic E-state index is 11.0. The summed E-state index contributed by atoms with van der Waals surface area (Å²) in [6.45, 7) is 3.21. The van der Waals surface area contributed by atoms with Crippen LogP contribution in [-0.4, -0.2) is 70.0 Å². The van der Waals surface area contributed by atoms with E-state index in [-0.39, 0.29) is 24.5 Å². The molecule has 1 fully saturated rings. The van der Waals surface area contributed by atoms with Crippen molar-refractivity contribution in [3.8, 4) is 11.5 Å². The smallest absolute Gasteiger partial charge is 0.273 e. The maximum Gasteiger partial charge on any atom is 0.273 e. The van der Waals surface area contributed by atoms with Crippen LogP contribution in [0.1, 0.15) is 25.7 Å². The summed E-state index contributed by atoms with van der Waals surface area (Å²) in [6, 6.07) is 4.28. The number of fused-ring (bicyclic) bond motifs is 2. The molecule has 0 radical (unpaired) electrons. The summed E-state index contributed by atoms with van der Waals surface area (Å²) in [7, 11) is 0. The molecule has 2 atom stereocenters. The lowest BCUT2D eigenvalue weighted by molar-refractivity contribution is -0.385. The minimum atomic E-state index is -0.468. The first kappa shape index (κ1) is 21.8. The van der Waals surface area contributed by atoms with Crippen molar-refractivity contribution < 1.29 is 33.3 Å². The van der Waals surface area contributed by atoms with Gasteiger partial charge in [0, 0.05) is 6.07 Å². The lowest BCUT2D eigenvalue weighted by atomic mass is 9.94. The van der Waals surface area contributed by atoms with Crippen molar-refractivity contribution in [1.82, 2.24) is 0 Å². The number of non-ortho nitro benzene ring substituents is 1. The summed E-state index contributed by atoms with van der Waals surface area (Å²) < 4.78 is 34.4. The lowest BCUT2D eigenvalue weighted by Crippen LogP contribution is -2.36. The van der Waals surface area contributed by atoms with Crippen LogP contribution in [0.25, 0.3) is 0 Å². The average molecular weight is 411 g/mol. The van der Waals surface area contributed by atoms with Crippen LogP contribution >= 0.6 is 0 Å². The predicted molar refractivity (Wildman–Crippen MR) is 104 cm³/mol. The number of nitro groups is 1. The third-order valence-electron chi connectivity index (χ3n) is 4.87. The van der Waals surface area contributed by atoms with Crippen molar-refractivity contribution in [2.45, 2.75) is 37.9 Å². The zero-order valence-electron chi connectivity index (χ0n) is 16.6. The monoisotopic (exact) mass is 411 g/mol. The molecule has 0 bridgehead atoms. The molecule has 0 amide bonds. The van der Waals surface area contributed by atoms with E-state index in [1.54, 1.807) is 0 Å². The van der Waals surface area contributed by atoms with Crippen LogP contribution in [0.2, 0.25) is 0 Å². The number of nitrogens with zero attached hydrogens (tertiary/aromatic N) is 1. The topological polar surface area (TPSA) is 98.5 Å². The molecule has 9 heteroatoms. The second-order valence-corrected chi connectivity index (χ2v) is 6.91. The van der Waals surface area contributed by atoms with Gasteiger partial charge in [0.2, 0.25) is 0 Å². The van der Waals surface area contributed by atoms with E-state index in [0.717, 1.165) is 25.7 Å². The van der Waals surface area contributed by atoms with Crippen molar-refractivity contribution in [2.24, 2.45) is 0 Å². The number of rotatable bonds is 1. The molecule has 1 aliphatic carbocycles. The number of hydrogen-bond acceptors (Lipinski definition) is 8. The molecule has 2 aliphatic rings. The standard InChI is InChI=1S/C20H29NO8/c22-21(23)16-5-6-19-20(15-16)29-14-10-25-8-12-27-18-4-2-1-3-17(18)26-11-7-24-9-13-28-19/h5-6,15,17-18H,1-4,7-14H2. The summed E-state index contributed by atoms with van der Waals surface area (Å²) in [5, 5.41) is 11.0. The zero-order chi connectivity index (χ0) is 20.3. The van der Waals surface area contributed by atoms with Gasteiger partial charge in [-0.15, -0.1) is 0 Å². The van der Waals surface area contributed by atoms with Gasteiger partial charge in [0.1, 0.15) is 13.2 Å². The van der Waals surface area contributed by atoms with Crippen LogP contribution in [0.4, 0.5) is 5.69 Å². The van der Waals surface area contributed by atoms with Crippen molar-refractivity contribution in [3.05, 3.63) is 28.3 Å². The van der Waals surface area contributed by atoms with E-state index in [0.29, 0.717) is 57.7 Å². The van der Waals surface area contributed by atoms with Crippen molar-refractivity contribution in [1.29, 1.82) is 0 Å². The lowest BCUT2D eigenvalue weighted by Gasteiger charge is -2.31. The van der Waals surface area contributed by atoms with E-state index in [9.17, 15) is 10.1 Å². The van der Waals surface area contributed by atoms with Crippen LogP contribution in [0.15, 0.2) is 18.2 Å². The highest BCUT2D eigenvalue weighted by atomic mass is 16.6. The Balaban J connectivity index is 1.56. The SMILES string of the molecule is O=[N+]([O-])c1ccc2c(c1)OCCOCCOC1CCCCC1OCCOCCO2. The van der Waals surface area contributed by atoms with Gasteiger partial charge in [0.15, 0.2) is 11.5 Å². The minimum absolute atomic E-state index is 0.0563. The van der Waals surface area contributed by atoms with Gasteiger partial charge in [-0.05, 0) is 18.9 Å². The van der Waals surface area contributed by atoms with Crippen molar-refractivity contribution >= 4 is 5.69 Å². The normalized spacial score (nSPS) is 25.2.